The second-order valence-corrected chi connectivity index (χ2v) is 10.2. The zero-order valence-electron chi connectivity index (χ0n) is 20.5. The number of rotatable bonds is 17. The normalized spacial score (nSPS) is 22.1. The molecule has 33 heavy (non-hydrogen) atoms. The van der Waals surface area contributed by atoms with Crippen molar-refractivity contribution in [1.82, 2.24) is 5.32 Å². The summed E-state index contributed by atoms with van der Waals surface area (Å²) in [5.74, 6) is 1.18. The number of carbonyl (C=O) groups is 2. The Morgan fingerprint density at radius 3 is 2.76 bits per heavy atom. The van der Waals surface area contributed by atoms with Crippen LogP contribution in [0.15, 0.2) is 36.0 Å². The summed E-state index contributed by atoms with van der Waals surface area (Å²) in [6, 6.07) is 0. The molecule has 0 bridgehead atoms. The number of alkyl halides is 1. The van der Waals surface area contributed by atoms with Crippen LogP contribution in [-0.2, 0) is 14.3 Å². The zero-order valence-corrected chi connectivity index (χ0v) is 22.1. The summed E-state index contributed by atoms with van der Waals surface area (Å²) in [4.78, 5) is 23.8. The number of allylic oxidation sites excluding steroid dienone is 6. The molecule has 4 nitrogen and oxygen atoms in total. The van der Waals surface area contributed by atoms with Gasteiger partial charge in [0.25, 0.3) is 0 Å². The van der Waals surface area contributed by atoms with E-state index in [1.807, 2.05) is 6.92 Å². The lowest BCUT2D eigenvalue weighted by Crippen LogP contribution is -2.25. The van der Waals surface area contributed by atoms with Gasteiger partial charge in [-0.2, -0.15) is 0 Å². The van der Waals surface area contributed by atoms with Crippen LogP contribution in [0.25, 0.3) is 0 Å². The summed E-state index contributed by atoms with van der Waals surface area (Å²) in [7, 11) is 0. The molecule has 1 N–H and O–H groups in total. The Hall–Kier alpha value is -1.36. The van der Waals surface area contributed by atoms with E-state index in [0.717, 1.165) is 56.7 Å². The molecule has 1 fully saturated rings. The molecule has 1 saturated carbocycles. The molecule has 1 amide bonds. The average Bonchev–Trinajstić information content (AvgIpc) is 3.45. The Labute approximate surface area is 209 Å². The lowest BCUT2D eigenvalue weighted by molar-refractivity contribution is -0.151. The molecule has 0 heterocycles. The van der Waals surface area contributed by atoms with E-state index in [2.05, 4.69) is 51.6 Å². The van der Waals surface area contributed by atoms with Crippen LogP contribution in [0.1, 0.15) is 96.8 Å². The van der Waals surface area contributed by atoms with Crippen molar-refractivity contribution in [3.63, 3.8) is 0 Å². The van der Waals surface area contributed by atoms with Gasteiger partial charge < -0.3 is 10.1 Å². The van der Waals surface area contributed by atoms with E-state index in [1.54, 1.807) is 0 Å². The van der Waals surface area contributed by atoms with Crippen molar-refractivity contribution < 1.29 is 14.3 Å². The van der Waals surface area contributed by atoms with E-state index in [0.29, 0.717) is 31.2 Å². The fourth-order valence-electron chi connectivity index (χ4n) is 5.04. The molecule has 2 rings (SSSR count). The second kappa shape index (κ2) is 17.1. The van der Waals surface area contributed by atoms with Gasteiger partial charge in [-0.1, -0.05) is 64.7 Å². The second-order valence-electron chi connectivity index (χ2n) is 9.39. The molecule has 2 unspecified atom stereocenters. The number of ether oxygens (including phenoxy) is 1. The van der Waals surface area contributed by atoms with Crippen molar-refractivity contribution in [2.24, 2.45) is 11.8 Å². The van der Waals surface area contributed by atoms with Crippen LogP contribution in [0.5, 0.6) is 0 Å². The van der Waals surface area contributed by atoms with Crippen molar-refractivity contribution >= 4 is 27.8 Å². The number of hydrogen-bond donors (Lipinski definition) is 1. The molecule has 3 atom stereocenters. The van der Waals surface area contributed by atoms with Gasteiger partial charge in [0.1, 0.15) is 6.10 Å². The van der Waals surface area contributed by atoms with Gasteiger partial charge in [0.05, 0.1) is 0 Å². The topological polar surface area (TPSA) is 55.4 Å². The molecule has 0 aromatic heterocycles. The number of nitrogens with one attached hydrogen (secondary N) is 1. The first-order valence-corrected chi connectivity index (χ1v) is 14.3. The van der Waals surface area contributed by atoms with Gasteiger partial charge >= 0.3 is 5.97 Å². The summed E-state index contributed by atoms with van der Waals surface area (Å²) >= 11 is 3.40. The summed E-state index contributed by atoms with van der Waals surface area (Å²) in [6.07, 6.45) is 25.6. The third-order valence-electron chi connectivity index (χ3n) is 6.81. The Bertz CT molecular complexity index is 670. The molecule has 2 aliphatic rings. The highest BCUT2D eigenvalue weighted by Crippen LogP contribution is 2.40. The fourth-order valence-corrected chi connectivity index (χ4v) is 5.32. The Morgan fingerprint density at radius 2 is 2.00 bits per heavy atom. The minimum Gasteiger partial charge on any atom is -0.462 e. The molecular formula is C28H44BrNO3. The van der Waals surface area contributed by atoms with E-state index in [4.69, 9.17) is 4.74 Å². The molecular weight excluding hydrogens is 478 g/mol. The van der Waals surface area contributed by atoms with Crippen LogP contribution in [-0.4, -0.2) is 29.9 Å². The lowest BCUT2D eigenvalue weighted by Gasteiger charge is -2.24. The number of unbranched alkanes of at least 4 members (excludes halogenated alkanes) is 3. The number of esters is 1. The monoisotopic (exact) mass is 521 g/mol. The van der Waals surface area contributed by atoms with Gasteiger partial charge in [-0.15, -0.1) is 0 Å². The molecule has 0 saturated heterocycles. The minimum atomic E-state index is -0.0362. The summed E-state index contributed by atoms with van der Waals surface area (Å²) in [6.45, 7) is 2.65. The van der Waals surface area contributed by atoms with Crippen molar-refractivity contribution in [2.45, 2.75) is 103 Å². The van der Waals surface area contributed by atoms with Gasteiger partial charge in [0.15, 0.2) is 0 Å². The maximum absolute atomic E-state index is 12.3. The molecule has 186 valence electrons. The lowest BCUT2D eigenvalue weighted by atomic mass is 9.87. The van der Waals surface area contributed by atoms with Crippen molar-refractivity contribution in [3.05, 3.63) is 36.0 Å². The van der Waals surface area contributed by atoms with E-state index in [-0.39, 0.29) is 18.0 Å². The molecule has 0 spiro atoms. The molecule has 0 aliphatic heterocycles. The van der Waals surface area contributed by atoms with Crippen LogP contribution in [0, 0.1) is 11.8 Å². The maximum Gasteiger partial charge on any atom is 0.306 e. The highest BCUT2D eigenvalue weighted by molar-refractivity contribution is 9.09. The number of carbonyl (C=O) groups excluding carboxylic acids is 2. The van der Waals surface area contributed by atoms with Crippen molar-refractivity contribution in [2.75, 3.05) is 11.9 Å². The van der Waals surface area contributed by atoms with Crippen LogP contribution < -0.4 is 5.32 Å². The van der Waals surface area contributed by atoms with Crippen LogP contribution in [0.2, 0.25) is 0 Å². The molecule has 2 aliphatic carbocycles. The highest BCUT2D eigenvalue weighted by atomic mass is 79.9. The van der Waals surface area contributed by atoms with Crippen LogP contribution >= 0.6 is 15.9 Å². The standard InChI is InChI=1S/C28H44BrNO3/c1-2-30-27(31)18-9-4-3-7-16-24-20-21-26(33-28(32)19-12-22-29)25(24)17-8-5-6-13-23-14-10-11-15-23/h3,7,10,14-15,24-26H,2,4-6,8-9,11-13,16-22H2,1H3,(H,30,31)/b7-3-/t24-,25?,26?/m0/s1. The predicted molar refractivity (Wildman–Crippen MR) is 140 cm³/mol. The van der Waals surface area contributed by atoms with E-state index >= 15 is 0 Å². The number of halogens is 1. The SMILES string of the molecule is CCNC(=O)CCC/C=C\C[C@H]1CCC(OC(=O)CCCBr)C1CCCCCC1=CCC=C1. The van der Waals surface area contributed by atoms with Gasteiger partial charge in [0, 0.05) is 24.7 Å². The number of hydrogen-bond acceptors (Lipinski definition) is 3. The molecule has 0 aromatic rings. The Kier molecular flexibility index (Phi) is 14.5. The van der Waals surface area contributed by atoms with Crippen LogP contribution in [0.3, 0.4) is 0 Å². The fraction of sp³-hybridized carbons (Fsp3) is 0.714. The first kappa shape index (κ1) is 27.9. The smallest absolute Gasteiger partial charge is 0.306 e. The van der Waals surface area contributed by atoms with E-state index in [9.17, 15) is 9.59 Å². The van der Waals surface area contributed by atoms with Gasteiger partial charge in [0.2, 0.25) is 5.91 Å². The highest BCUT2D eigenvalue weighted by Gasteiger charge is 2.37. The van der Waals surface area contributed by atoms with E-state index in [1.165, 1.54) is 31.3 Å². The number of amides is 1. The molecule has 0 aromatic carbocycles. The third kappa shape index (κ3) is 11.6. The third-order valence-corrected chi connectivity index (χ3v) is 7.37. The minimum absolute atomic E-state index is 0.0362. The molecule has 0 radical (unpaired) electrons. The largest absolute Gasteiger partial charge is 0.462 e. The first-order chi connectivity index (χ1) is 16.1. The van der Waals surface area contributed by atoms with Gasteiger partial charge in [-0.05, 0) is 83.0 Å². The summed E-state index contributed by atoms with van der Waals surface area (Å²) < 4.78 is 5.94. The zero-order chi connectivity index (χ0) is 23.7. The van der Waals surface area contributed by atoms with E-state index < -0.39 is 0 Å². The predicted octanol–water partition coefficient (Wildman–Crippen LogP) is 7.19. The van der Waals surface area contributed by atoms with Gasteiger partial charge in [-0.25, -0.2) is 0 Å². The summed E-state index contributed by atoms with van der Waals surface area (Å²) in [5, 5.41) is 3.69. The molecule has 5 heteroatoms. The Balaban J connectivity index is 1.76. The summed E-state index contributed by atoms with van der Waals surface area (Å²) in [5.41, 5.74) is 1.49. The first-order valence-electron chi connectivity index (χ1n) is 13.2. The van der Waals surface area contributed by atoms with Crippen LogP contribution in [0.4, 0.5) is 0 Å². The average molecular weight is 523 g/mol. The van der Waals surface area contributed by atoms with Crippen molar-refractivity contribution in [3.8, 4) is 0 Å². The van der Waals surface area contributed by atoms with Crippen molar-refractivity contribution in [1.29, 1.82) is 0 Å². The Morgan fingerprint density at radius 1 is 1.12 bits per heavy atom. The quantitative estimate of drug-likeness (QED) is 0.0952. The van der Waals surface area contributed by atoms with Gasteiger partial charge in [-0.3, -0.25) is 9.59 Å². The maximum atomic E-state index is 12.3.